The third-order valence-corrected chi connectivity index (χ3v) is 4.04. The monoisotopic (exact) mass is 332 g/mol. The second kappa shape index (κ2) is 13.6. The molecule has 0 aliphatic heterocycles. The van der Waals surface area contributed by atoms with E-state index in [-0.39, 0.29) is 5.91 Å². The zero-order valence-electron chi connectivity index (χ0n) is 15.2. The number of nitrogens with one attached hydrogen (secondary N) is 1. The Kier molecular flexibility index (Phi) is 11.4. The number of rotatable bonds is 13. The van der Waals surface area contributed by atoms with Crippen LogP contribution in [0.15, 0.2) is 29.4 Å². The molecule has 0 bridgehead atoms. The smallest absolute Gasteiger partial charge is 0.240 e. The highest BCUT2D eigenvalue weighted by molar-refractivity contribution is 5.85. The number of hydrogen-bond donors (Lipinski definition) is 1. The average Bonchev–Trinajstić information content (AvgIpc) is 2.60. The highest BCUT2D eigenvalue weighted by atomic mass is 16.5. The summed E-state index contributed by atoms with van der Waals surface area (Å²) < 4.78 is 5.23. The Morgan fingerprint density at radius 1 is 1.04 bits per heavy atom. The number of carbonyl (C=O) groups is 1. The molecule has 1 amide bonds. The summed E-state index contributed by atoms with van der Waals surface area (Å²) in [7, 11) is 1.62. The summed E-state index contributed by atoms with van der Waals surface area (Å²) in [5.41, 5.74) is 3.43. The van der Waals surface area contributed by atoms with Gasteiger partial charge in [-0.1, -0.05) is 70.4 Å². The molecule has 0 radical (unpaired) electrons. The molecule has 0 aliphatic carbocycles. The van der Waals surface area contributed by atoms with E-state index in [9.17, 15) is 4.79 Å². The SMILES string of the molecule is CCCCCCCCCCCC(=O)NN=Cc1ccccc1OC. The van der Waals surface area contributed by atoms with Gasteiger partial charge in [0, 0.05) is 12.0 Å². The molecule has 4 nitrogen and oxygen atoms in total. The molecule has 0 atom stereocenters. The molecule has 0 saturated heterocycles. The van der Waals surface area contributed by atoms with Gasteiger partial charge in [0.1, 0.15) is 5.75 Å². The van der Waals surface area contributed by atoms with Crippen molar-refractivity contribution in [3.05, 3.63) is 29.8 Å². The van der Waals surface area contributed by atoms with Crippen LogP contribution in [0.4, 0.5) is 0 Å². The van der Waals surface area contributed by atoms with Crippen LogP contribution in [0.1, 0.15) is 76.7 Å². The predicted molar refractivity (Wildman–Crippen MR) is 101 cm³/mol. The van der Waals surface area contributed by atoms with Gasteiger partial charge >= 0.3 is 0 Å². The molecule has 0 fully saturated rings. The molecule has 1 aromatic carbocycles. The van der Waals surface area contributed by atoms with Gasteiger partial charge in [0.2, 0.25) is 5.91 Å². The first kappa shape index (κ1) is 20.2. The van der Waals surface area contributed by atoms with Gasteiger partial charge in [0.15, 0.2) is 0 Å². The highest BCUT2D eigenvalue weighted by Gasteiger charge is 2.01. The van der Waals surface area contributed by atoms with Crippen molar-refractivity contribution in [2.45, 2.75) is 71.1 Å². The van der Waals surface area contributed by atoms with Gasteiger partial charge < -0.3 is 4.74 Å². The van der Waals surface area contributed by atoms with Gasteiger partial charge in [0.05, 0.1) is 13.3 Å². The summed E-state index contributed by atoms with van der Waals surface area (Å²) in [6.45, 7) is 2.24. The van der Waals surface area contributed by atoms with Crippen molar-refractivity contribution in [3.63, 3.8) is 0 Å². The van der Waals surface area contributed by atoms with E-state index in [4.69, 9.17) is 4.74 Å². The molecule has 1 rings (SSSR count). The lowest BCUT2D eigenvalue weighted by Gasteiger charge is -2.03. The van der Waals surface area contributed by atoms with Crippen molar-refractivity contribution in [2.24, 2.45) is 5.10 Å². The van der Waals surface area contributed by atoms with Crippen molar-refractivity contribution >= 4 is 12.1 Å². The van der Waals surface area contributed by atoms with E-state index in [0.29, 0.717) is 6.42 Å². The van der Waals surface area contributed by atoms with Gasteiger partial charge in [-0.25, -0.2) is 5.43 Å². The van der Waals surface area contributed by atoms with Crippen LogP contribution < -0.4 is 10.2 Å². The summed E-state index contributed by atoms with van der Waals surface area (Å²) >= 11 is 0. The maximum atomic E-state index is 11.7. The molecular formula is C20H32N2O2. The second-order valence-electron chi connectivity index (χ2n) is 6.11. The number of nitrogens with zero attached hydrogens (tertiary/aromatic N) is 1. The Morgan fingerprint density at radius 3 is 2.33 bits per heavy atom. The van der Waals surface area contributed by atoms with Crippen LogP contribution in [-0.2, 0) is 4.79 Å². The summed E-state index contributed by atoms with van der Waals surface area (Å²) in [5.74, 6) is 0.721. The van der Waals surface area contributed by atoms with Crippen LogP contribution in [0.3, 0.4) is 0 Å². The topological polar surface area (TPSA) is 50.7 Å². The van der Waals surface area contributed by atoms with E-state index in [1.807, 2.05) is 24.3 Å². The van der Waals surface area contributed by atoms with E-state index in [1.54, 1.807) is 13.3 Å². The molecule has 1 aromatic rings. The first-order chi connectivity index (χ1) is 11.8. The zero-order valence-corrected chi connectivity index (χ0v) is 15.2. The lowest BCUT2D eigenvalue weighted by atomic mass is 10.1. The molecule has 0 unspecified atom stereocenters. The minimum Gasteiger partial charge on any atom is -0.496 e. The van der Waals surface area contributed by atoms with Gasteiger partial charge in [-0.15, -0.1) is 0 Å². The highest BCUT2D eigenvalue weighted by Crippen LogP contribution is 2.14. The standard InChI is InChI=1S/C20H32N2O2/c1-3-4-5-6-7-8-9-10-11-16-20(23)22-21-17-18-14-12-13-15-19(18)24-2/h12-15,17H,3-11,16H2,1-2H3,(H,22,23). The maximum absolute atomic E-state index is 11.7. The summed E-state index contributed by atoms with van der Waals surface area (Å²) in [5, 5.41) is 4.00. The Hall–Kier alpha value is -1.84. The Balaban J connectivity index is 2.07. The number of para-hydroxylation sites is 1. The van der Waals surface area contributed by atoms with E-state index in [0.717, 1.165) is 24.2 Å². The van der Waals surface area contributed by atoms with Crippen molar-refractivity contribution in [1.29, 1.82) is 0 Å². The number of hydrogen-bond acceptors (Lipinski definition) is 3. The number of amides is 1. The summed E-state index contributed by atoms with van der Waals surface area (Å²) in [4.78, 5) is 11.7. The lowest BCUT2D eigenvalue weighted by molar-refractivity contribution is -0.121. The number of methoxy groups -OCH3 is 1. The van der Waals surface area contributed by atoms with E-state index < -0.39 is 0 Å². The van der Waals surface area contributed by atoms with Crippen LogP contribution in [-0.4, -0.2) is 19.2 Å². The fraction of sp³-hybridized carbons (Fsp3) is 0.600. The van der Waals surface area contributed by atoms with Crippen molar-refractivity contribution in [1.82, 2.24) is 5.43 Å². The first-order valence-electron chi connectivity index (χ1n) is 9.22. The van der Waals surface area contributed by atoms with Crippen molar-refractivity contribution in [2.75, 3.05) is 7.11 Å². The van der Waals surface area contributed by atoms with Crippen LogP contribution in [0, 0.1) is 0 Å². The van der Waals surface area contributed by atoms with Crippen LogP contribution in [0.2, 0.25) is 0 Å². The number of hydrazone groups is 1. The fourth-order valence-corrected chi connectivity index (χ4v) is 2.60. The molecule has 0 aliphatic rings. The number of carbonyl (C=O) groups excluding carboxylic acids is 1. The molecule has 0 spiro atoms. The molecule has 24 heavy (non-hydrogen) atoms. The van der Waals surface area contributed by atoms with Crippen molar-refractivity contribution < 1.29 is 9.53 Å². The fourth-order valence-electron chi connectivity index (χ4n) is 2.60. The average molecular weight is 332 g/mol. The Morgan fingerprint density at radius 2 is 1.67 bits per heavy atom. The molecule has 0 saturated carbocycles. The van der Waals surface area contributed by atoms with Gasteiger partial charge in [-0.3, -0.25) is 4.79 Å². The van der Waals surface area contributed by atoms with Gasteiger partial charge in [-0.2, -0.15) is 5.10 Å². The predicted octanol–water partition coefficient (Wildman–Crippen LogP) is 5.07. The van der Waals surface area contributed by atoms with Gasteiger partial charge in [0.25, 0.3) is 0 Å². The normalized spacial score (nSPS) is 10.9. The first-order valence-corrected chi connectivity index (χ1v) is 9.22. The summed E-state index contributed by atoms with van der Waals surface area (Å²) in [6.07, 6.45) is 13.4. The Labute approximate surface area is 146 Å². The van der Waals surface area contributed by atoms with Crippen molar-refractivity contribution in [3.8, 4) is 5.75 Å². The Bertz CT molecular complexity index is 486. The molecule has 0 heterocycles. The quantitative estimate of drug-likeness (QED) is 0.311. The maximum Gasteiger partial charge on any atom is 0.240 e. The van der Waals surface area contributed by atoms with E-state index >= 15 is 0 Å². The molecule has 0 aromatic heterocycles. The zero-order chi connectivity index (χ0) is 17.5. The number of unbranched alkanes of at least 4 members (excludes halogenated alkanes) is 8. The van der Waals surface area contributed by atoms with Crippen LogP contribution >= 0.6 is 0 Å². The van der Waals surface area contributed by atoms with Crippen LogP contribution in [0.25, 0.3) is 0 Å². The number of ether oxygens (including phenoxy) is 1. The summed E-state index contributed by atoms with van der Waals surface area (Å²) in [6, 6.07) is 7.58. The molecular weight excluding hydrogens is 300 g/mol. The van der Waals surface area contributed by atoms with Crippen LogP contribution in [0.5, 0.6) is 5.75 Å². The lowest BCUT2D eigenvalue weighted by Crippen LogP contribution is -2.16. The number of benzene rings is 1. The van der Waals surface area contributed by atoms with Gasteiger partial charge in [-0.05, 0) is 18.6 Å². The third kappa shape index (κ3) is 9.33. The molecule has 134 valence electrons. The minimum atomic E-state index is -0.0240. The third-order valence-electron chi connectivity index (χ3n) is 4.04. The van der Waals surface area contributed by atoms with E-state index in [1.165, 1.54) is 44.9 Å². The minimum absolute atomic E-state index is 0.0240. The second-order valence-corrected chi connectivity index (χ2v) is 6.11. The molecule has 4 heteroatoms. The van der Waals surface area contributed by atoms with E-state index in [2.05, 4.69) is 17.5 Å². The largest absolute Gasteiger partial charge is 0.496 e. The molecule has 1 N–H and O–H groups in total.